The number of hydrogen-bond acceptors (Lipinski definition) is 6. The molecular formula is C24H25N5O4. The van der Waals surface area contributed by atoms with E-state index in [2.05, 4.69) is 15.3 Å². The van der Waals surface area contributed by atoms with E-state index >= 15 is 0 Å². The minimum absolute atomic E-state index is 0.101. The standard InChI is InChI=1S/C24H25N5O4/c25-22(30)20(13-17-14-26-18-9-4-5-10-19(18)27-17)28-23(31)21-11-6-12-29(21)24(32)33-15-16-7-2-1-3-8-16/h1-5,7-10,14,20-21H,6,11-13,15H2,(H2,25,30)(H,28,31)/t20-,21+/m0/s1. The van der Waals surface area contributed by atoms with Crippen molar-refractivity contribution in [3.8, 4) is 0 Å². The van der Waals surface area contributed by atoms with E-state index in [0.29, 0.717) is 30.6 Å². The molecule has 1 fully saturated rings. The zero-order chi connectivity index (χ0) is 23.2. The van der Waals surface area contributed by atoms with Crippen molar-refractivity contribution < 1.29 is 19.1 Å². The molecule has 1 aliphatic rings. The Morgan fingerprint density at radius 1 is 1.09 bits per heavy atom. The number of nitrogens with two attached hydrogens (primary N) is 1. The van der Waals surface area contributed by atoms with Crippen LogP contribution in [0.5, 0.6) is 0 Å². The molecule has 0 aliphatic carbocycles. The molecule has 9 nitrogen and oxygen atoms in total. The highest BCUT2D eigenvalue weighted by Crippen LogP contribution is 2.19. The van der Waals surface area contributed by atoms with Gasteiger partial charge in [-0.05, 0) is 30.5 Å². The van der Waals surface area contributed by atoms with Gasteiger partial charge in [-0.15, -0.1) is 0 Å². The van der Waals surface area contributed by atoms with Gasteiger partial charge in [0.15, 0.2) is 0 Å². The van der Waals surface area contributed by atoms with Crippen molar-refractivity contribution in [1.29, 1.82) is 0 Å². The summed E-state index contributed by atoms with van der Waals surface area (Å²) in [5, 5.41) is 2.68. The molecule has 1 aliphatic heterocycles. The normalized spacial score (nSPS) is 16.4. The van der Waals surface area contributed by atoms with E-state index in [1.807, 2.05) is 54.6 Å². The summed E-state index contributed by atoms with van der Waals surface area (Å²) in [6.45, 7) is 0.526. The second-order valence-corrected chi connectivity index (χ2v) is 7.91. The van der Waals surface area contributed by atoms with Gasteiger partial charge in [0.2, 0.25) is 11.8 Å². The lowest BCUT2D eigenvalue weighted by atomic mass is 10.1. The quantitative estimate of drug-likeness (QED) is 0.570. The van der Waals surface area contributed by atoms with Gasteiger partial charge in [0.1, 0.15) is 18.7 Å². The number of primary amides is 1. The third-order valence-corrected chi connectivity index (χ3v) is 5.57. The molecule has 0 unspecified atom stereocenters. The third-order valence-electron chi connectivity index (χ3n) is 5.57. The average Bonchev–Trinajstić information content (AvgIpc) is 3.33. The summed E-state index contributed by atoms with van der Waals surface area (Å²) in [4.78, 5) is 47.8. The smallest absolute Gasteiger partial charge is 0.410 e. The number of fused-ring (bicyclic) bond motifs is 1. The molecule has 3 aromatic rings. The summed E-state index contributed by atoms with van der Waals surface area (Å²) in [5.41, 5.74) is 8.35. The van der Waals surface area contributed by atoms with Crippen LogP contribution in [-0.4, -0.2) is 51.4 Å². The molecule has 0 bridgehead atoms. The lowest BCUT2D eigenvalue weighted by Crippen LogP contribution is -2.53. The lowest BCUT2D eigenvalue weighted by molar-refractivity contribution is -0.130. The molecule has 4 rings (SSSR count). The number of hydrogen-bond donors (Lipinski definition) is 2. The molecule has 0 saturated carbocycles. The lowest BCUT2D eigenvalue weighted by Gasteiger charge is -2.25. The van der Waals surface area contributed by atoms with Crippen LogP contribution in [0, 0.1) is 0 Å². The summed E-state index contributed by atoms with van der Waals surface area (Å²) in [6.07, 6.45) is 2.24. The molecule has 2 atom stereocenters. The van der Waals surface area contributed by atoms with Gasteiger partial charge in [0.25, 0.3) is 0 Å². The fraction of sp³-hybridized carbons (Fsp3) is 0.292. The zero-order valence-electron chi connectivity index (χ0n) is 18.0. The average molecular weight is 447 g/mol. The van der Waals surface area contributed by atoms with Crippen LogP contribution in [0.2, 0.25) is 0 Å². The Balaban J connectivity index is 1.39. The number of carbonyl (C=O) groups is 3. The predicted octanol–water partition coefficient (Wildman–Crippen LogP) is 1.94. The van der Waals surface area contributed by atoms with E-state index in [0.717, 1.165) is 11.1 Å². The number of carbonyl (C=O) groups excluding carboxylic acids is 3. The molecule has 1 aromatic heterocycles. The highest BCUT2D eigenvalue weighted by molar-refractivity contribution is 5.91. The van der Waals surface area contributed by atoms with Crippen LogP contribution in [0.4, 0.5) is 4.79 Å². The Labute approximate surface area is 191 Å². The minimum atomic E-state index is -0.976. The maximum Gasteiger partial charge on any atom is 0.410 e. The van der Waals surface area contributed by atoms with Gasteiger partial charge in [-0.3, -0.25) is 19.5 Å². The number of para-hydroxylation sites is 2. The molecular weight excluding hydrogens is 422 g/mol. The van der Waals surface area contributed by atoms with Crippen molar-refractivity contribution in [3.63, 3.8) is 0 Å². The van der Waals surface area contributed by atoms with Crippen molar-refractivity contribution in [3.05, 3.63) is 72.1 Å². The molecule has 33 heavy (non-hydrogen) atoms. The van der Waals surface area contributed by atoms with Crippen molar-refractivity contribution in [1.82, 2.24) is 20.2 Å². The van der Waals surface area contributed by atoms with Crippen LogP contribution in [0.3, 0.4) is 0 Å². The Bertz CT molecular complexity index is 1150. The molecule has 3 N–H and O–H groups in total. The van der Waals surface area contributed by atoms with Gasteiger partial charge < -0.3 is 15.8 Å². The van der Waals surface area contributed by atoms with Crippen LogP contribution in [0.25, 0.3) is 11.0 Å². The number of rotatable bonds is 7. The zero-order valence-corrected chi connectivity index (χ0v) is 18.0. The summed E-state index contributed by atoms with van der Waals surface area (Å²) < 4.78 is 5.38. The second-order valence-electron chi connectivity index (χ2n) is 7.91. The Morgan fingerprint density at radius 3 is 2.58 bits per heavy atom. The maximum absolute atomic E-state index is 12.9. The van der Waals surface area contributed by atoms with E-state index in [1.165, 1.54) is 4.90 Å². The molecule has 2 aromatic carbocycles. The van der Waals surface area contributed by atoms with E-state index in [-0.39, 0.29) is 13.0 Å². The first-order chi connectivity index (χ1) is 16.0. The highest BCUT2D eigenvalue weighted by Gasteiger charge is 2.36. The third kappa shape index (κ3) is 5.43. The van der Waals surface area contributed by atoms with Crippen LogP contribution < -0.4 is 11.1 Å². The Kier molecular flexibility index (Phi) is 6.77. The first-order valence-electron chi connectivity index (χ1n) is 10.8. The summed E-state index contributed by atoms with van der Waals surface area (Å²) >= 11 is 0. The van der Waals surface area contributed by atoms with Gasteiger partial charge in [0.05, 0.1) is 16.7 Å². The highest BCUT2D eigenvalue weighted by atomic mass is 16.6. The van der Waals surface area contributed by atoms with Crippen molar-refractivity contribution in [2.45, 2.75) is 38.0 Å². The van der Waals surface area contributed by atoms with Crippen molar-refractivity contribution in [2.75, 3.05) is 6.54 Å². The number of nitrogens with zero attached hydrogens (tertiary/aromatic N) is 3. The van der Waals surface area contributed by atoms with Gasteiger partial charge in [0, 0.05) is 19.2 Å². The summed E-state index contributed by atoms with van der Waals surface area (Å²) in [5.74, 6) is -1.13. The van der Waals surface area contributed by atoms with Gasteiger partial charge in [-0.1, -0.05) is 42.5 Å². The number of aromatic nitrogens is 2. The number of likely N-dealkylation sites (tertiary alicyclic amines) is 1. The monoisotopic (exact) mass is 447 g/mol. The van der Waals surface area contributed by atoms with Crippen LogP contribution in [0.15, 0.2) is 60.8 Å². The van der Waals surface area contributed by atoms with Crippen LogP contribution in [-0.2, 0) is 27.4 Å². The maximum atomic E-state index is 12.9. The van der Waals surface area contributed by atoms with E-state index in [4.69, 9.17) is 10.5 Å². The largest absolute Gasteiger partial charge is 0.445 e. The fourth-order valence-electron chi connectivity index (χ4n) is 3.85. The first kappa shape index (κ1) is 22.2. The Morgan fingerprint density at radius 2 is 1.82 bits per heavy atom. The van der Waals surface area contributed by atoms with Crippen molar-refractivity contribution >= 4 is 28.9 Å². The van der Waals surface area contributed by atoms with Gasteiger partial charge >= 0.3 is 6.09 Å². The van der Waals surface area contributed by atoms with Gasteiger partial charge in [-0.25, -0.2) is 9.78 Å². The van der Waals surface area contributed by atoms with E-state index in [9.17, 15) is 14.4 Å². The van der Waals surface area contributed by atoms with Gasteiger partial charge in [-0.2, -0.15) is 0 Å². The first-order valence-corrected chi connectivity index (χ1v) is 10.8. The molecule has 0 spiro atoms. The SMILES string of the molecule is NC(=O)[C@H](Cc1cnc2ccccc2n1)NC(=O)[C@H]1CCCN1C(=O)OCc1ccccc1. The number of amides is 3. The fourth-order valence-corrected chi connectivity index (χ4v) is 3.85. The summed E-state index contributed by atoms with van der Waals surface area (Å²) in [6, 6.07) is 15.0. The number of benzene rings is 2. The molecule has 9 heteroatoms. The molecule has 3 amide bonds. The van der Waals surface area contributed by atoms with Crippen LogP contribution >= 0.6 is 0 Å². The molecule has 2 heterocycles. The number of nitrogens with one attached hydrogen (secondary N) is 1. The minimum Gasteiger partial charge on any atom is -0.445 e. The Hall–Kier alpha value is -4.01. The molecule has 0 radical (unpaired) electrons. The van der Waals surface area contributed by atoms with Crippen LogP contribution in [0.1, 0.15) is 24.1 Å². The number of ether oxygens (including phenoxy) is 1. The summed E-state index contributed by atoms with van der Waals surface area (Å²) in [7, 11) is 0. The van der Waals surface area contributed by atoms with E-state index < -0.39 is 30.0 Å². The predicted molar refractivity (Wildman–Crippen MR) is 121 cm³/mol. The van der Waals surface area contributed by atoms with E-state index in [1.54, 1.807) is 6.20 Å². The van der Waals surface area contributed by atoms with Crippen molar-refractivity contribution in [2.24, 2.45) is 5.73 Å². The molecule has 1 saturated heterocycles. The molecule has 170 valence electrons. The second kappa shape index (κ2) is 10.1. The topological polar surface area (TPSA) is 128 Å².